The maximum Gasteiger partial charge on any atom is 0.230 e. The van der Waals surface area contributed by atoms with Crippen LogP contribution in [0.15, 0.2) is 35.5 Å². The van der Waals surface area contributed by atoms with E-state index in [0.717, 1.165) is 0 Å². The Labute approximate surface area is 127 Å². The first-order valence-electron chi connectivity index (χ1n) is 6.69. The van der Waals surface area contributed by atoms with Crippen LogP contribution in [0.1, 0.15) is 31.2 Å². The molecule has 112 valence electrons. The molecule has 1 aromatic heterocycles. The largest absolute Gasteiger partial charge is 0.369 e. The molecular formula is C14H19N5OS. The van der Waals surface area contributed by atoms with Crippen molar-refractivity contribution in [2.24, 2.45) is 5.73 Å². The fourth-order valence-corrected chi connectivity index (χ4v) is 2.66. The van der Waals surface area contributed by atoms with Crippen molar-refractivity contribution in [3.63, 3.8) is 0 Å². The molecule has 1 amide bonds. The molecule has 1 heterocycles. The normalized spacial score (nSPS) is 13.8. The van der Waals surface area contributed by atoms with Crippen molar-refractivity contribution in [1.82, 2.24) is 14.9 Å². The van der Waals surface area contributed by atoms with E-state index in [1.165, 1.54) is 22.0 Å². The predicted octanol–water partition coefficient (Wildman–Crippen LogP) is 1.30. The number of carbonyl (C=O) groups is 1. The summed E-state index contributed by atoms with van der Waals surface area (Å²) in [5.74, 6) is 6.56. The number of aromatic nitrogens is 3. The first-order chi connectivity index (χ1) is 9.99. The molecule has 2 aromatic rings. The number of primary amides is 1. The molecule has 2 rings (SSSR count). The van der Waals surface area contributed by atoms with Crippen molar-refractivity contribution >= 4 is 17.7 Å². The summed E-state index contributed by atoms with van der Waals surface area (Å²) in [5, 5.41) is 8.24. The molecular weight excluding hydrogens is 286 g/mol. The Morgan fingerprint density at radius 3 is 2.57 bits per heavy atom. The number of carbonyl (C=O) groups excluding carboxylic acids is 1. The molecule has 0 fully saturated rings. The van der Waals surface area contributed by atoms with E-state index in [-0.39, 0.29) is 5.92 Å². The molecule has 0 saturated carbocycles. The van der Waals surface area contributed by atoms with Crippen LogP contribution in [-0.4, -0.2) is 26.0 Å². The van der Waals surface area contributed by atoms with Crippen molar-refractivity contribution < 1.29 is 4.79 Å². The van der Waals surface area contributed by atoms with Crippen LogP contribution in [0.4, 0.5) is 0 Å². The predicted molar refractivity (Wildman–Crippen MR) is 83.2 cm³/mol. The summed E-state index contributed by atoms with van der Waals surface area (Å²) in [7, 11) is 0. The van der Waals surface area contributed by atoms with E-state index in [1.54, 1.807) is 6.92 Å². The highest BCUT2D eigenvalue weighted by Gasteiger charge is 2.18. The van der Waals surface area contributed by atoms with Crippen LogP contribution >= 0.6 is 11.8 Å². The van der Waals surface area contributed by atoms with E-state index < -0.39 is 11.2 Å². The van der Waals surface area contributed by atoms with E-state index in [0.29, 0.717) is 17.4 Å². The van der Waals surface area contributed by atoms with Crippen LogP contribution in [0.3, 0.4) is 0 Å². The van der Waals surface area contributed by atoms with Gasteiger partial charge in [-0.15, -0.1) is 10.2 Å². The van der Waals surface area contributed by atoms with Gasteiger partial charge in [-0.05, 0) is 18.4 Å². The third-order valence-corrected chi connectivity index (χ3v) is 4.35. The number of rotatable bonds is 6. The molecule has 0 saturated heterocycles. The molecule has 7 heteroatoms. The van der Waals surface area contributed by atoms with Gasteiger partial charge in [0.2, 0.25) is 11.1 Å². The fraction of sp³-hybridized carbons (Fsp3) is 0.357. The molecule has 4 N–H and O–H groups in total. The van der Waals surface area contributed by atoms with Gasteiger partial charge in [0, 0.05) is 6.42 Å². The van der Waals surface area contributed by atoms with Crippen molar-refractivity contribution in [1.29, 1.82) is 0 Å². The summed E-state index contributed by atoms with van der Waals surface area (Å²) in [6, 6.07) is 10.2. The second-order valence-corrected chi connectivity index (χ2v) is 6.26. The fourth-order valence-electron chi connectivity index (χ4n) is 1.92. The summed E-state index contributed by atoms with van der Waals surface area (Å²) >= 11 is 1.21. The number of amides is 1. The molecule has 0 aliphatic carbocycles. The van der Waals surface area contributed by atoms with Gasteiger partial charge in [-0.25, -0.2) is 4.68 Å². The number of hydrogen-bond acceptors (Lipinski definition) is 5. The van der Waals surface area contributed by atoms with Gasteiger partial charge in [-0.3, -0.25) is 4.79 Å². The quantitative estimate of drug-likeness (QED) is 0.619. The van der Waals surface area contributed by atoms with Gasteiger partial charge in [0.15, 0.2) is 5.82 Å². The average molecular weight is 305 g/mol. The summed E-state index contributed by atoms with van der Waals surface area (Å²) in [6.45, 7) is 3.83. The molecule has 0 unspecified atom stereocenters. The minimum Gasteiger partial charge on any atom is -0.369 e. The number of nitrogen functional groups attached to an aromatic ring is 1. The van der Waals surface area contributed by atoms with Crippen LogP contribution in [-0.2, 0) is 11.2 Å². The second kappa shape index (κ2) is 6.62. The highest BCUT2D eigenvalue weighted by atomic mass is 32.2. The molecule has 0 radical (unpaired) electrons. The number of thioether (sulfide) groups is 1. The minimum atomic E-state index is -0.401. The van der Waals surface area contributed by atoms with Crippen LogP contribution < -0.4 is 11.6 Å². The topological polar surface area (TPSA) is 99.8 Å². The summed E-state index contributed by atoms with van der Waals surface area (Å²) in [6.07, 6.45) is 0.680. The van der Waals surface area contributed by atoms with Crippen LogP contribution in [0.5, 0.6) is 0 Å². The lowest BCUT2D eigenvalue weighted by atomic mass is 9.98. The Bertz CT molecular complexity index is 613. The van der Waals surface area contributed by atoms with E-state index in [9.17, 15) is 4.79 Å². The standard InChI is InChI=1S/C14H19N5OS/c1-9(11-6-4-3-5-7-11)8-12-17-18-14(19(12)16)21-10(2)13(15)20/h3-7,9-10H,8,16H2,1-2H3,(H2,15,20)/t9-,10-/m1/s1. The number of hydrogen-bond donors (Lipinski definition) is 2. The molecule has 0 aliphatic heterocycles. The monoisotopic (exact) mass is 305 g/mol. The molecule has 0 aliphatic rings. The lowest BCUT2D eigenvalue weighted by Gasteiger charge is -2.11. The average Bonchev–Trinajstić information content (AvgIpc) is 2.81. The zero-order valence-corrected chi connectivity index (χ0v) is 12.9. The molecule has 21 heavy (non-hydrogen) atoms. The zero-order valence-electron chi connectivity index (χ0n) is 12.1. The van der Waals surface area contributed by atoms with Crippen molar-refractivity contribution in [2.45, 2.75) is 36.6 Å². The Morgan fingerprint density at radius 1 is 1.29 bits per heavy atom. The molecule has 6 nitrogen and oxygen atoms in total. The third-order valence-electron chi connectivity index (χ3n) is 3.28. The number of nitrogens with two attached hydrogens (primary N) is 2. The first kappa shape index (κ1) is 15.4. The lowest BCUT2D eigenvalue weighted by Crippen LogP contribution is -2.24. The smallest absolute Gasteiger partial charge is 0.230 e. The van der Waals surface area contributed by atoms with Gasteiger partial charge < -0.3 is 11.6 Å². The zero-order chi connectivity index (χ0) is 15.4. The van der Waals surface area contributed by atoms with E-state index >= 15 is 0 Å². The van der Waals surface area contributed by atoms with Gasteiger partial charge in [-0.1, -0.05) is 49.0 Å². The van der Waals surface area contributed by atoms with E-state index in [2.05, 4.69) is 29.3 Å². The Morgan fingerprint density at radius 2 is 1.95 bits per heavy atom. The molecule has 0 bridgehead atoms. The maximum absolute atomic E-state index is 11.1. The van der Waals surface area contributed by atoms with Crippen LogP contribution in [0.2, 0.25) is 0 Å². The van der Waals surface area contributed by atoms with Crippen molar-refractivity contribution in [3.05, 3.63) is 41.7 Å². The van der Waals surface area contributed by atoms with Crippen molar-refractivity contribution in [3.8, 4) is 0 Å². The Balaban J connectivity index is 2.08. The van der Waals surface area contributed by atoms with Gasteiger partial charge in [0.05, 0.1) is 5.25 Å². The van der Waals surface area contributed by atoms with Gasteiger partial charge in [0.25, 0.3) is 0 Å². The summed E-state index contributed by atoms with van der Waals surface area (Å²) < 4.78 is 1.43. The van der Waals surface area contributed by atoms with Crippen LogP contribution in [0.25, 0.3) is 0 Å². The molecule has 0 spiro atoms. The summed E-state index contributed by atoms with van der Waals surface area (Å²) in [4.78, 5) is 11.1. The van der Waals surface area contributed by atoms with E-state index in [1.807, 2.05) is 18.2 Å². The maximum atomic E-state index is 11.1. The van der Waals surface area contributed by atoms with Gasteiger partial charge in [-0.2, -0.15) is 0 Å². The first-order valence-corrected chi connectivity index (χ1v) is 7.57. The lowest BCUT2D eigenvalue weighted by molar-refractivity contribution is -0.117. The van der Waals surface area contributed by atoms with E-state index in [4.69, 9.17) is 11.6 Å². The van der Waals surface area contributed by atoms with Gasteiger partial charge >= 0.3 is 0 Å². The molecule has 2 atom stereocenters. The third kappa shape index (κ3) is 3.75. The molecule has 1 aromatic carbocycles. The van der Waals surface area contributed by atoms with Crippen LogP contribution in [0, 0.1) is 0 Å². The number of benzene rings is 1. The second-order valence-electron chi connectivity index (χ2n) is 4.95. The summed E-state index contributed by atoms with van der Waals surface area (Å²) in [5.41, 5.74) is 6.46. The Hall–Kier alpha value is -2.02. The Kier molecular flexibility index (Phi) is 4.85. The highest BCUT2D eigenvalue weighted by Crippen LogP contribution is 2.23. The van der Waals surface area contributed by atoms with Crippen molar-refractivity contribution in [2.75, 3.05) is 5.84 Å². The van der Waals surface area contributed by atoms with Gasteiger partial charge in [0.1, 0.15) is 0 Å². The minimum absolute atomic E-state index is 0.282. The highest BCUT2D eigenvalue weighted by molar-refractivity contribution is 8.00. The SMILES string of the molecule is C[C@H](Cc1nnc(S[C@H](C)C(N)=O)n1N)c1ccccc1. The number of nitrogens with zero attached hydrogens (tertiary/aromatic N) is 3.